The molecule has 0 bridgehead atoms. The van der Waals surface area contributed by atoms with Gasteiger partial charge in [0.1, 0.15) is 0 Å². The number of nitrogens with one attached hydrogen (secondary N) is 1. The van der Waals surface area contributed by atoms with Gasteiger partial charge in [0.05, 0.1) is 0 Å². The summed E-state index contributed by atoms with van der Waals surface area (Å²) >= 11 is 0. The monoisotopic (exact) mass is 205 g/mol. The third kappa shape index (κ3) is 3.07. The lowest BCUT2D eigenvalue weighted by molar-refractivity contribution is 0.380. The van der Waals surface area contributed by atoms with Gasteiger partial charge in [0.25, 0.3) is 0 Å². The van der Waals surface area contributed by atoms with Crippen LogP contribution in [0, 0.1) is 11.8 Å². The van der Waals surface area contributed by atoms with Gasteiger partial charge in [-0.25, -0.2) is 0 Å². The maximum atomic E-state index is 4.12. The number of hydrogen-bond acceptors (Lipinski definition) is 1. The van der Waals surface area contributed by atoms with Crippen LogP contribution in [-0.2, 0) is 0 Å². The molecule has 0 aliphatic carbocycles. The maximum absolute atomic E-state index is 4.12. The Kier molecular flexibility index (Phi) is 4.83. The minimum Gasteiger partial charge on any atom is -0.313 e. The highest BCUT2D eigenvalue weighted by atomic mass is 14.9. The number of rotatable bonds is 5. The molecule has 0 amide bonds. The summed E-state index contributed by atoms with van der Waals surface area (Å²) < 4.78 is 0. The Morgan fingerprint density at radius 3 is 2.73 bits per heavy atom. The Balaban J connectivity index is 2.64. The van der Waals surface area contributed by atoms with E-state index in [0.29, 0.717) is 17.9 Å². The van der Waals surface area contributed by atoms with E-state index in [0.717, 1.165) is 6.54 Å². The molecule has 0 spiro atoms. The van der Waals surface area contributed by atoms with E-state index >= 15 is 0 Å². The fourth-order valence-corrected chi connectivity index (χ4v) is 2.37. The molecule has 1 N–H and O–H groups in total. The minimum atomic E-state index is 0.481. The molecule has 84 valence electrons. The fourth-order valence-electron chi connectivity index (χ4n) is 2.37. The average Bonchev–Trinajstić information content (AvgIpc) is 2.72. The van der Waals surface area contributed by atoms with Crippen LogP contribution in [0.25, 0.3) is 0 Å². The van der Waals surface area contributed by atoms with Gasteiger partial charge in [-0.15, -0.1) is 6.58 Å². The summed E-state index contributed by atoms with van der Waals surface area (Å²) in [7, 11) is 0. The Hall–Kier alpha value is -0.820. The normalized spacial score (nSPS) is 25.3. The molecule has 0 radical (unpaired) electrons. The molecule has 1 fully saturated rings. The van der Waals surface area contributed by atoms with E-state index in [9.17, 15) is 0 Å². The molecular weight excluding hydrogens is 182 g/mol. The zero-order valence-corrected chi connectivity index (χ0v) is 10.00. The highest BCUT2D eigenvalue weighted by Crippen LogP contribution is 2.28. The van der Waals surface area contributed by atoms with Crippen molar-refractivity contribution in [2.24, 2.45) is 11.8 Å². The van der Waals surface area contributed by atoms with Crippen LogP contribution in [0.15, 0.2) is 37.0 Å². The molecule has 1 aliphatic rings. The topological polar surface area (TPSA) is 12.0 Å². The summed E-state index contributed by atoms with van der Waals surface area (Å²) in [4.78, 5) is 0. The fraction of sp³-hybridized carbons (Fsp3) is 0.571. The first-order chi connectivity index (χ1) is 7.20. The Labute approximate surface area is 94.0 Å². The lowest BCUT2D eigenvalue weighted by atomic mass is 9.82. The van der Waals surface area contributed by atoms with Crippen LogP contribution in [-0.4, -0.2) is 12.6 Å². The molecule has 0 aromatic heterocycles. The Morgan fingerprint density at radius 1 is 1.53 bits per heavy atom. The summed E-state index contributed by atoms with van der Waals surface area (Å²) in [6.07, 6.45) is 8.81. The van der Waals surface area contributed by atoms with Crippen LogP contribution in [0.5, 0.6) is 0 Å². The second-order valence-electron chi connectivity index (χ2n) is 4.38. The first kappa shape index (κ1) is 12.3. The summed E-state index contributed by atoms with van der Waals surface area (Å²) in [6.45, 7) is 13.5. The molecule has 1 nitrogen and oxygen atoms in total. The van der Waals surface area contributed by atoms with Gasteiger partial charge in [0.2, 0.25) is 0 Å². The third-order valence-corrected chi connectivity index (χ3v) is 3.38. The smallest absolute Gasteiger partial charge is 0.0136 e. The van der Waals surface area contributed by atoms with E-state index in [1.54, 1.807) is 0 Å². The summed E-state index contributed by atoms with van der Waals surface area (Å²) in [6, 6.07) is 0.597. The standard InChI is InChI=1S/C14H23N/c1-5-8-11(3)12(4)13(6-2)14-9-7-10-15-14/h5-6,8,12-15H,2-3,7,9-10H2,1,4H3/b8-5-. The van der Waals surface area contributed by atoms with Crippen LogP contribution in [0.4, 0.5) is 0 Å². The van der Waals surface area contributed by atoms with Crippen molar-refractivity contribution in [2.45, 2.75) is 32.7 Å². The van der Waals surface area contributed by atoms with Gasteiger partial charge in [-0.1, -0.05) is 37.3 Å². The van der Waals surface area contributed by atoms with E-state index in [4.69, 9.17) is 0 Å². The van der Waals surface area contributed by atoms with Crippen molar-refractivity contribution >= 4 is 0 Å². The van der Waals surface area contributed by atoms with Gasteiger partial charge in [-0.05, 0) is 38.1 Å². The molecule has 3 atom stereocenters. The molecule has 0 saturated carbocycles. The molecule has 1 heterocycles. The zero-order chi connectivity index (χ0) is 11.3. The molecule has 1 rings (SSSR count). The molecule has 3 unspecified atom stereocenters. The van der Waals surface area contributed by atoms with Crippen LogP contribution in [0.3, 0.4) is 0 Å². The maximum Gasteiger partial charge on any atom is 0.0136 e. The number of allylic oxidation sites excluding steroid dienone is 3. The van der Waals surface area contributed by atoms with E-state index in [-0.39, 0.29) is 0 Å². The first-order valence-electron chi connectivity index (χ1n) is 5.88. The van der Waals surface area contributed by atoms with Crippen molar-refractivity contribution in [2.75, 3.05) is 6.54 Å². The summed E-state index contributed by atoms with van der Waals surface area (Å²) in [5, 5.41) is 3.55. The van der Waals surface area contributed by atoms with Gasteiger partial charge in [-0.2, -0.15) is 0 Å². The molecule has 1 aliphatic heterocycles. The van der Waals surface area contributed by atoms with Crippen molar-refractivity contribution in [1.82, 2.24) is 5.32 Å². The lowest BCUT2D eigenvalue weighted by Gasteiger charge is -2.27. The van der Waals surface area contributed by atoms with E-state index in [1.807, 2.05) is 6.92 Å². The average molecular weight is 205 g/mol. The highest BCUT2D eigenvalue weighted by Gasteiger charge is 2.27. The predicted octanol–water partition coefficient (Wildman–Crippen LogP) is 3.31. The van der Waals surface area contributed by atoms with Gasteiger partial charge >= 0.3 is 0 Å². The predicted molar refractivity (Wildman–Crippen MR) is 67.8 cm³/mol. The van der Waals surface area contributed by atoms with E-state index in [1.165, 1.54) is 18.4 Å². The second-order valence-corrected chi connectivity index (χ2v) is 4.38. The van der Waals surface area contributed by atoms with Crippen molar-refractivity contribution in [3.8, 4) is 0 Å². The Bertz CT molecular complexity index is 246. The van der Waals surface area contributed by atoms with Crippen molar-refractivity contribution < 1.29 is 0 Å². The SMILES string of the molecule is C=CC(C1CCCN1)C(C)C(=C)/C=C\C. The van der Waals surface area contributed by atoms with Crippen molar-refractivity contribution in [3.63, 3.8) is 0 Å². The molecular formula is C14H23N. The molecule has 1 saturated heterocycles. The van der Waals surface area contributed by atoms with Crippen molar-refractivity contribution in [1.29, 1.82) is 0 Å². The highest BCUT2D eigenvalue weighted by molar-refractivity contribution is 5.19. The zero-order valence-electron chi connectivity index (χ0n) is 10.00. The van der Waals surface area contributed by atoms with Crippen LogP contribution < -0.4 is 5.32 Å². The molecule has 15 heavy (non-hydrogen) atoms. The molecule has 0 aromatic carbocycles. The Morgan fingerprint density at radius 2 is 2.27 bits per heavy atom. The second kappa shape index (κ2) is 5.92. The van der Waals surface area contributed by atoms with Crippen LogP contribution in [0.1, 0.15) is 26.7 Å². The van der Waals surface area contributed by atoms with Crippen LogP contribution >= 0.6 is 0 Å². The summed E-state index contributed by atoms with van der Waals surface area (Å²) in [5.74, 6) is 0.991. The van der Waals surface area contributed by atoms with Crippen LogP contribution in [0.2, 0.25) is 0 Å². The van der Waals surface area contributed by atoms with Gasteiger partial charge < -0.3 is 5.32 Å². The van der Waals surface area contributed by atoms with Gasteiger partial charge in [0.15, 0.2) is 0 Å². The molecule has 1 heteroatoms. The summed E-state index contributed by atoms with van der Waals surface area (Å²) in [5.41, 5.74) is 1.20. The van der Waals surface area contributed by atoms with Crippen molar-refractivity contribution in [3.05, 3.63) is 37.0 Å². The van der Waals surface area contributed by atoms with E-state index < -0.39 is 0 Å². The molecule has 0 aromatic rings. The first-order valence-corrected chi connectivity index (χ1v) is 5.88. The third-order valence-electron chi connectivity index (χ3n) is 3.38. The quantitative estimate of drug-likeness (QED) is 0.536. The largest absolute Gasteiger partial charge is 0.313 e. The van der Waals surface area contributed by atoms with Gasteiger partial charge in [-0.3, -0.25) is 0 Å². The lowest BCUT2D eigenvalue weighted by Crippen LogP contribution is -2.33. The van der Waals surface area contributed by atoms with Gasteiger partial charge in [0, 0.05) is 6.04 Å². The van der Waals surface area contributed by atoms with E-state index in [2.05, 4.69) is 43.6 Å². The minimum absolute atomic E-state index is 0.481. The number of hydrogen-bond donors (Lipinski definition) is 1.